The van der Waals surface area contributed by atoms with Gasteiger partial charge in [-0.05, 0) is 51.6 Å². The highest BCUT2D eigenvalue weighted by atomic mass is 16.2. The fourth-order valence-corrected chi connectivity index (χ4v) is 3.14. The molecule has 2 fully saturated rings. The summed E-state index contributed by atoms with van der Waals surface area (Å²) < 4.78 is 0. The average molecular weight is 248 g/mol. The number of rotatable bonds is 2. The van der Waals surface area contributed by atoms with Crippen LogP contribution in [-0.4, -0.2) is 29.2 Å². The Morgan fingerprint density at radius 2 is 2.11 bits per heavy atom. The first kappa shape index (κ1) is 11.7. The molecule has 0 radical (unpaired) electrons. The van der Waals surface area contributed by atoms with Crippen LogP contribution >= 0.6 is 0 Å². The maximum Gasteiger partial charge on any atom is 0.228 e. The molecule has 1 saturated carbocycles. The van der Waals surface area contributed by atoms with Crippen LogP contribution in [0, 0.1) is 25.2 Å². The molecule has 3 N–H and O–H groups in total. The maximum absolute atomic E-state index is 12.3. The molecule has 3 rings (SSSR count). The number of H-pyrrole nitrogens is 1. The van der Waals surface area contributed by atoms with Crippen LogP contribution in [0.4, 0.5) is 5.69 Å². The van der Waals surface area contributed by atoms with E-state index >= 15 is 0 Å². The molecule has 98 valence electrons. The van der Waals surface area contributed by atoms with E-state index in [0.717, 1.165) is 49.4 Å². The van der Waals surface area contributed by atoms with E-state index in [-0.39, 0.29) is 11.8 Å². The van der Waals surface area contributed by atoms with Gasteiger partial charge in [0.05, 0.1) is 17.1 Å². The topological polar surface area (TPSA) is 69.8 Å². The molecule has 5 heteroatoms. The molecule has 1 aliphatic heterocycles. The van der Waals surface area contributed by atoms with Crippen LogP contribution in [-0.2, 0) is 4.79 Å². The van der Waals surface area contributed by atoms with Crippen molar-refractivity contribution >= 4 is 11.6 Å². The molecule has 2 aliphatic rings. The van der Waals surface area contributed by atoms with E-state index < -0.39 is 0 Å². The molecule has 1 spiro atoms. The van der Waals surface area contributed by atoms with E-state index in [2.05, 4.69) is 20.8 Å². The normalized spacial score (nSPS) is 25.1. The molecule has 1 amide bonds. The number of nitrogens with zero attached hydrogens (tertiary/aromatic N) is 1. The Morgan fingerprint density at radius 3 is 2.72 bits per heavy atom. The number of aryl methyl sites for hydroxylation is 2. The highest BCUT2D eigenvalue weighted by molar-refractivity contribution is 5.96. The van der Waals surface area contributed by atoms with E-state index in [4.69, 9.17) is 0 Å². The molecular formula is C13H20N4O. The molecule has 18 heavy (non-hydrogen) atoms. The van der Waals surface area contributed by atoms with Crippen molar-refractivity contribution in [3.63, 3.8) is 0 Å². The van der Waals surface area contributed by atoms with Crippen LogP contribution in [0.3, 0.4) is 0 Å². The molecule has 2 heterocycles. The number of carbonyl (C=O) groups is 1. The molecular weight excluding hydrogens is 228 g/mol. The third kappa shape index (κ3) is 1.82. The Kier molecular flexibility index (Phi) is 2.66. The van der Waals surface area contributed by atoms with Crippen molar-refractivity contribution in [2.75, 3.05) is 18.4 Å². The van der Waals surface area contributed by atoms with E-state index in [1.165, 1.54) is 0 Å². The van der Waals surface area contributed by atoms with Crippen LogP contribution in [0.1, 0.15) is 30.7 Å². The molecule has 5 nitrogen and oxygen atoms in total. The third-order valence-corrected chi connectivity index (χ3v) is 4.48. The summed E-state index contributed by atoms with van der Waals surface area (Å²) in [6.07, 6.45) is 3.32. The Balaban J connectivity index is 1.67. The van der Waals surface area contributed by atoms with Gasteiger partial charge in [0.15, 0.2) is 0 Å². The summed E-state index contributed by atoms with van der Waals surface area (Å²) in [7, 11) is 0. The SMILES string of the molecule is Cc1n[nH]c(C)c1NC(=O)C1CC12CCNCC2. The highest BCUT2D eigenvalue weighted by Crippen LogP contribution is 2.58. The van der Waals surface area contributed by atoms with E-state index in [0.29, 0.717) is 5.41 Å². The second kappa shape index (κ2) is 4.09. The lowest BCUT2D eigenvalue weighted by molar-refractivity contribution is -0.118. The number of hydrogen-bond acceptors (Lipinski definition) is 3. The van der Waals surface area contributed by atoms with Gasteiger partial charge in [-0.2, -0.15) is 5.10 Å². The van der Waals surface area contributed by atoms with Crippen molar-refractivity contribution < 1.29 is 4.79 Å². The van der Waals surface area contributed by atoms with E-state index in [1.54, 1.807) is 0 Å². The Morgan fingerprint density at radius 1 is 1.39 bits per heavy atom. The summed E-state index contributed by atoms with van der Waals surface area (Å²) in [6.45, 7) is 5.94. The summed E-state index contributed by atoms with van der Waals surface area (Å²) in [6, 6.07) is 0. The first-order valence-electron chi connectivity index (χ1n) is 6.65. The van der Waals surface area contributed by atoms with Crippen molar-refractivity contribution in [2.24, 2.45) is 11.3 Å². The Hall–Kier alpha value is -1.36. The first-order valence-corrected chi connectivity index (χ1v) is 6.65. The molecule has 1 unspecified atom stereocenters. The minimum Gasteiger partial charge on any atom is -0.323 e. The van der Waals surface area contributed by atoms with Gasteiger partial charge in [0.25, 0.3) is 0 Å². The number of aromatic nitrogens is 2. The first-order chi connectivity index (χ1) is 8.62. The van der Waals surface area contributed by atoms with Gasteiger partial charge in [-0.3, -0.25) is 9.89 Å². The van der Waals surface area contributed by atoms with Gasteiger partial charge in [0.2, 0.25) is 5.91 Å². The molecule has 1 aromatic rings. The number of anilines is 1. The summed E-state index contributed by atoms with van der Waals surface area (Å²) in [5, 5.41) is 13.4. The van der Waals surface area contributed by atoms with Crippen LogP contribution in [0.15, 0.2) is 0 Å². The van der Waals surface area contributed by atoms with Gasteiger partial charge in [0.1, 0.15) is 0 Å². The van der Waals surface area contributed by atoms with Crippen LogP contribution < -0.4 is 10.6 Å². The van der Waals surface area contributed by atoms with Gasteiger partial charge in [-0.15, -0.1) is 0 Å². The molecule has 1 aliphatic carbocycles. The molecule has 1 atom stereocenters. The summed E-state index contributed by atoms with van der Waals surface area (Å²) in [5.74, 6) is 0.373. The zero-order valence-electron chi connectivity index (χ0n) is 11.0. The van der Waals surface area contributed by atoms with Crippen LogP contribution in [0.25, 0.3) is 0 Å². The second-order valence-electron chi connectivity index (χ2n) is 5.67. The zero-order chi connectivity index (χ0) is 12.8. The standard InChI is InChI=1S/C13H20N4O/c1-8-11(9(2)17-16-8)15-12(18)10-7-13(10)3-5-14-6-4-13/h10,14H,3-7H2,1-2H3,(H,15,18)(H,16,17). The highest BCUT2D eigenvalue weighted by Gasteiger charge is 2.57. The average Bonchev–Trinajstić information content (AvgIpc) is 2.97. The summed E-state index contributed by atoms with van der Waals surface area (Å²) in [5.41, 5.74) is 2.94. The lowest BCUT2D eigenvalue weighted by Gasteiger charge is -2.23. The molecule has 0 aromatic carbocycles. The quantitative estimate of drug-likeness (QED) is 0.740. The number of amides is 1. The van der Waals surface area contributed by atoms with Crippen molar-refractivity contribution in [2.45, 2.75) is 33.1 Å². The number of piperidine rings is 1. The van der Waals surface area contributed by atoms with Crippen molar-refractivity contribution in [3.8, 4) is 0 Å². The molecule has 1 aromatic heterocycles. The van der Waals surface area contributed by atoms with Gasteiger partial charge in [-0.25, -0.2) is 0 Å². The summed E-state index contributed by atoms with van der Waals surface area (Å²) in [4.78, 5) is 12.3. The lowest BCUT2D eigenvalue weighted by atomic mass is 9.92. The largest absolute Gasteiger partial charge is 0.323 e. The van der Waals surface area contributed by atoms with Crippen molar-refractivity contribution in [3.05, 3.63) is 11.4 Å². The van der Waals surface area contributed by atoms with Crippen LogP contribution in [0.5, 0.6) is 0 Å². The monoisotopic (exact) mass is 248 g/mol. The third-order valence-electron chi connectivity index (χ3n) is 4.48. The number of hydrogen-bond donors (Lipinski definition) is 3. The van der Waals surface area contributed by atoms with E-state index in [9.17, 15) is 4.79 Å². The predicted octanol–water partition coefficient (Wildman–Crippen LogP) is 1.35. The Labute approximate surface area is 107 Å². The Bertz CT molecular complexity index is 454. The number of carbonyl (C=O) groups excluding carboxylic acids is 1. The fourth-order valence-electron chi connectivity index (χ4n) is 3.14. The lowest BCUT2D eigenvalue weighted by Crippen LogP contribution is -2.31. The number of nitrogens with one attached hydrogen (secondary N) is 3. The smallest absolute Gasteiger partial charge is 0.228 e. The van der Waals surface area contributed by atoms with Crippen molar-refractivity contribution in [1.29, 1.82) is 0 Å². The van der Waals surface area contributed by atoms with Gasteiger partial charge < -0.3 is 10.6 Å². The summed E-state index contributed by atoms with van der Waals surface area (Å²) >= 11 is 0. The van der Waals surface area contributed by atoms with Crippen LogP contribution in [0.2, 0.25) is 0 Å². The van der Waals surface area contributed by atoms with Gasteiger partial charge >= 0.3 is 0 Å². The van der Waals surface area contributed by atoms with Gasteiger partial charge in [0, 0.05) is 5.92 Å². The molecule has 1 saturated heterocycles. The van der Waals surface area contributed by atoms with E-state index in [1.807, 2.05) is 13.8 Å². The predicted molar refractivity (Wildman–Crippen MR) is 69.3 cm³/mol. The van der Waals surface area contributed by atoms with Crippen molar-refractivity contribution in [1.82, 2.24) is 15.5 Å². The van der Waals surface area contributed by atoms with Gasteiger partial charge in [-0.1, -0.05) is 0 Å². The minimum absolute atomic E-state index is 0.171. The fraction of sp³-hybridized carbons (Fsp3) is 0.692. The number of aromatic amines is 1. The maximum atomic E-state index is 12.3. The second-order valence-corrected chi connectivity index (χ2v) is 5.67. The molecule has 0 bridgehead atoms. The zero-order valence-corrected chi connectivity index (χ0v) is 11.0. The minimum atomic E-state index is 0.171.